The van der Waals surface area contributed by atoms with Gasteiger partial charge in [-0.3, -0.25) is 5.21 Å². The van der Waals surface area contributed by atoms with E-state index in [0.717, 1.165) is 32.1 Å². The van der Waals surface area contributed by atoms with E-state index < -0.39 is 6.03 Å². The number of hydroxylamine groups is 2. The molecule has 25 heavy (non-hydrogen) atoms. The molecular formula is C21H36N2O2. The SMILES string of the molecule is CCCCCC=CCC=CCC=CCC=CCCCNC(=O)N(C)O. The van der Waals surface area contributed by atoms with Gasteiger partial charge in [-0.2, -0.15) is 0 Å². The van der Waals surface area contributed by atoms with Crippen molar-refractivity contribution in [1.82, 2.24) is 10.4 Å². The summed E-state index contributed by atoms with van der Waals surface area (Å²) in [5, 5.41) is 12.0. The number of rotatable bonds is 14. The summed E-state index contributed by atoms with van der Waals surface area (Å²) < 4.78 is 0. The van der Waals surface area contributed by atoms with Crippen molar-refractivity contribution in [1.29, 1.82) is 0 Å². The zero-order valence-electron chi connectivity index (χ0n) is 16.0. The molecule has 0 radical (unpaired) electrons. The van der Waals surface area contributed by atoms with E-state index in [1.807, 2.05) is 0 Å². The second kappa shape index (κ2) is 18.5. The molecule has 4 heteroatoms. The molecule has 0 saturated heterocycles. The normalized spacial score (nSPS) is 12.1. The molecule has 0 saturated carbocycles. The summed E-state index contributed by atoms with van der Waals surface area (Å²) in [6.45, 7) is 2.80. The predicted molar refractivity (Wildman–Crippen MR) is 107 cm³/mol. The second-order valence-corrected chi connectivity index (χ2v) is 5.99. The zero-order chi connectivity index (χ0) is 18.6. The molecule has 0 aromatic rings. The third-order valence-electron chi connectivity index (χ3n) is 3.58. The van der Waals surface area contributed by atoms with Crippen LogP contribution < -0.4 is 5.32 Å². The lowest BCUT2D eigenvalue weighted by Gasteiger charge is -2.09. The van der Waals surface area contributed by atoms with Crippen LogP contribution in [0.1, 0.15) is 64.7 Å². The number of carbonyl (C=O) groups excluding carboxylic acids is 1. The van der Waals surface area contributed by atoms with Gasteiger partial charge in [0.2, 0.25) is 0 Å². The van der Waals surface area contributed by atoms with Crippen molar-refractivity contribution in [2.75, 3.05) is 13.6 Å². The number of carbonyl (C=O) groups is 1. The Morgan fingerprint density at radius 3 is 1.80 bits per heavy atom. The Morgan fingerprint density at radius 2 is 1.32 bits per heavy atom. The second-order valence-electron chi connectivity index (χ2n) is 5.99. The predicted octanol–water partition coefficient (Wildman–Crippen LogP) is 5.77. The molecule has 0 rings (SSSR count). The molecule has 0 aliphatic carbocycles. The Hall–Kier alpha value is -1.81. The lowest BCUT2D eigenvalue weighted by molar-refractivity contribution is -0.0182. The van der Waals surface area contributed by atoms with Crippen LogP contribution in [0.5, 0.6) is 0 Å². The quantitative estimate of drug-likeness (QED) is 0.181. The summed E-state index contributed by atoms with van der Waals surface area (Å²) in [7, 11) is 1.31. The van der Waals surface area contributed by atoms with Crippen LogP contribution in [0.15, 0.2) is 48.6 Å². The minimum Gasteiger partial charge on any atom is -0.336 e. The van der Waals surface area contributed by atoms with Crippen LogP contribution >= 0.6 is 0 Å². The van der Waals surface area contributed by atoms with Crippen LogP contribution in [-0.2, 0) is 0 Å². The van der Waals surface area contributed by atoms with Gasteiger partial charge in [0, 0.05) is 13.6 Å². The van der Waals surface area contributed by atoms with Gasteiger partial charge in [-0.05, 0) is 44.9 Å². The van der Waals surface area contributed by atoms with Crippen molar-refractivity contribution in [3.63, 3.8) is 0 Å². The van der Waals surface area contributed by atoms with Gasteiger partial charge in [-0.25, -0.2) is 9.86 Å². The molecule has 0 spiro atoms. The molecule has 0 aliphatic rings. The number of urea groups is 1. The van der Waals surface area contributed by atoms with E-state index in [2.05, 4.69) is 60.8 Å². The maximum absolute atomic E-state index is 11.0. The Kier molecular flexibility index (Phi) is 17.2. The van der Waals surface area contributed by atoms with Crippen molar-refractivity contribution in [2.24, 2.45) is 0 Å². The molecule has 0 unspecified atom stereocenters. The summed E-state index contributed by atoms with van der Waals surface area (Å²) in [6, 6.07) is -0.466. The first-order chi connectivity index (χ1) is 12.2. The Labute approximate surface area is 153 Å². The third kappa shape index (κ3) is 18.4. The summed E-state index contributed by atoms with van der Waals surface area (Å²) in [5.74, 6) is 0. The molecule has 142 valence electrons. The largest absolute Gasteiger partial charge is 0.340 e. The Balaban J connectivity index is 3.44. The van der Waals surface area contributed by atoms with E-state index in [1.54, 1.807) is 0 Å². The fourth-order valence-electron chi connectivity index (χ4n) is 2.09. The first kappa shape index (κ1) is 23.2. The minimum absolute atomic E-state index is 0.466. The third-order valence-corrected chi connectivity index (χ3v) is 3.58. The maximum Gasteiger partial charge on any atom is 0.340 e. The van der Waals surface area contributed by atoms with Crippen LogP contribution in [0.4, 0.5) is 4.79 Å². The first-order valence-electron chi connectivity index (χ1n) is 9.48. The number of allylic oxidation sites excluding steroid dienone is 8. The number of nitrogens with zero attached hydrogens (tertiary/aromatic N) is 1. The maximum atomic E-state index is 11.0. The number of unbranched alkanes of at least 4 members (excludes halogenated alkanes) is 4. The van der Waals surface area contributed by atoms with Crippen LogP contribution in [0.2, 0.25) is 0 Å². The summed E-state index contributed by atoms with van der Waals surface area (Å²) >= 11 is 0. The zero-order valence-corrected chi connectivity index (χ0v) is 16.0. The molecular weight excluding hydrogens is 312 g/mol. The van der Waals surface area contributed by atoms with Gasteiger partial charge in [-0.15, -0.1) is 0 Å². The first-order valence-corrected chi connectivity index (χ1v) is 9.48. The highest BCUT2D eigenvalue weighted by Crippen LogP contribution is 2.01. The molecule has 0 bridgehead atoms. The molecule has 0 aliphatic heterocycles. The van der Waals surface area contributed by atoms with Crippen molar-refractivity contribution in [3.8, 4) is 0 Å². The van der Waals surface area contributed by atoms with Crippen molar-refractivity contribution in [2.45, 2.75) is 64.7 Å². The molecule has 0 heterocycles. The summed E-state index contributed by atoms with van der Waals surface area (Å²) in [4.78, 5) is 11.0. The van der Waals surface area contributed by atoms with E-state index in [9.17, 15) is 4.79 Å². The minimum atomic E-state index is -0.466. The highest BCUT2D eigenvalue weighted by Gasteiger charge is 2.01. The molecule has 2 N–H and O–H groups in total. The van der Waals surface area contributed by atoms with Crippen LogP contribution in [0, 0.1) is 0 Å². The van der Waals surface area contributed by atoms with E-state index >= 15 is 0 Å². The molecule has 0 aromatic carbocycles. The van der Waals surface area contributed by atoms with E-state index in [1.165, 1.54) is 32.7 Å². The van der Waals surface area contributed by atoms with Gasteiger partial charge in [0.1, 0.15) is 0 Å². The Morgan fingerprint density at radius 1 is 0.840 bits per heavy atom. The monoisotopic (exact) mass is 348 g/mol. The van der Waals surface area contributed by atoms with Crippen LogP contribution in [0.3, 0.4) is 0 Å². The van der Waals surface area contributed by atoms with Gasteiger partial charge in [-0.1, -0.05) is 68.4 Å². The Bertz CT molecular complexity index is 424. The molecule has 2 amide bonds. The van der Waals surface area contributed by atoms with Crippen LogP contribution in [0.25, 0.3) is 0 Å². The average Bonchev–Trinajstić information content (AvgIpc) is 2.60. The number of hydrogen-bond donors (Lipinski definition) is 2. The summed E-state index contributed by atoms with van der Waals surface area (Å²) in [6.07, 6.45) is 27.5. The highest BCUT2D eigenvalue weighted by molar-refractivity contribution is 5.72. The van der Waals surface area contributed by atoms with Crippen molar-refractivity contribution < 1.29 is 10.0 Å². The summed E-state index contributed by atoms with van der Waals surface area (Å²) in [5.41, 5.74) is 0. The van der Waals surface area contributed by atoms with Crippen LogP contribution in [-0.4, -0.2) is 29.9 Å². The topological polar surface area (TPSA) is 52.6 Å². The van der Waals surface area contributed by atoms with Gasteiger partial charge >= 0.3 is 6.03 Å². The van der Waals surface area contributed by atoms with Gasteiger partial charge in [0.05, 0.1) is 0 Å². The van der Waals surface area contributed by atoms with E-state index in [4.69, 9.17) is 5.21 Å². The van der Waals surface area contributed by atoms with Crippen molar-refractivity contribution in [3.05, 3.63) is 48.6 Å². The molecule has 0 fully saturated rings. The molecule has 4 nitrogen and oxygen atoms in total. The number of amides is 2. The fourth-order valence-corrected chi connectivity index (χ4v) is 2.09. The van der Waals surface area contributed by atoms with Gasteiger partial charge in [0.25, 0.3) is 0 Å². The molecule has 0 aromatic heterocycles. The lowest BCUT2D eigenvalue weighted by Crippen LogP contribution is -2.35. The molecule has 0 atom stereocenters. The van der Waals surface area contributed by atoms with Gasteiger partial charge in [0.15, 0.2) is 0 Å². The highest BCUT2D eigenvalue weighted by atomic mass is 16.5. The van der Waals surface area contributed by atoms with Crippen molar-refractivity contribution >= 4 is 6.03 Å². The number of nitrogens with one attached hydrogen (secondary N) is 1. The standard InChI is InChI=1S/C21H36N2O2/c1-3-4-5-6-7-8-9-10-11-12-13-14-15-16-17-18-19-20-22-21(24)23(2)25/h7-8,10-11,13-14,16-17,25H,3-6,9,12,15,18-20H2,1-2H3,(H,22,24). The average molecular weight is 349 g/mol. The van der Waals surface area contributed by atoms with E-state index in [0.29, 0.717) is 11.6 Å². The lowest BCUT2D eigenvalue weighted by atomic mass is 10.2. The number of hydrogen-bond acceptors (Lipinski definition) is 2. The smallest absolute Gasteiger partial charge is 0.336 e. The van der Waals surface area contributed by atoms with E-state index in [-0.39, 0.29) is 0 Å². The fraction of sp³-hybridized carbons (Fsp3) is 0.571. The van der Waals surface area contributed by atoms with Gasteiger partial charge < -0.3 is 5.32 Å².